The zero-order chi connectivity index (χ0) is 25.5. The highest BCUT2D eigenvalue weighted by Crippen LogP contribution is 2.44. The molecule has 0 saturated carbocycles. The number of hydrogen-bond acceptors (Lipinski definition) is 4. The van der Waals surface area contributed by atoms with Crippen LogP contribution in [0.3, 0.4) is 0 Å². The Labute approximate surface area is 205 Å². The van der Waals surface area contributed by atoms with Gasteiger partial charge in [-0.1, -0.05) is 38.1 Å². The maximum Gasteiger partial charge on any atom is 0.123 e. The number of aromatic nitrogens is 1. The maximum absolute atomic E-state index is 13.8. The van der Waals surface area contributed by atoms with Gasteiger partial charge in [-0.25, -0.2) is 4.39 Å². The van der Waals surface area contributed by atoms with Crippen LogP contribution in [0.25, 0.3) is 27.7 Å². The van der Waals surface area contributed by atoms with Crippen LogP contribution in [-0.2, 0) is 14.7 Å². The van der Waals surface area contributed by atoms with Crippen LogP contribution in [0.1, 0.15) is 25.1 Å². The van der Waals surface area contributed by atoms with E-state index in [-0.39, 0.29) is 5.82 Å². The van der Waals surface area contributed by atoms with Gasteiger partial charge in [0.1, 0.15) is 13.0 Å². The van der Waals surface area contributed by atoms with Crippen LogP contribution in [0.5, 0.6) is 0 Å². The van der Waals surface area contributed by atoms with Crippen molar-refractivity contribution >= 4 is 35.3 Å². The number of benzene rings is 3. The number of ether oxygens (including phenoxy) is 1. The molecule has 182 valence electrons. The van der Waals surface area contributed by atoms with Gasteiger partial charge in [0.25, 0.3) is 0 Å². The van der Waals surface area contributed by atoms with E-state index in [1.54, 1.807) is 32.6 Å². The van der Waals surface area contributed by atoms with Crippen LogP contribution in [0.15, 0.2) is 60.7 Å². The third-order valence-corrected chi connectivity index (χ3v) is 7.88. The lowest BCUT2D eigenvalue weighted by atomic mass is 9.84. The van der Waals surface area contributed by atoms with E-state index in [1.165, 1.54) is 18.3 Å². The first-order valence-electron chi connectivity index (χ1n) is 11.4. The van der Waals surface area contributed by atoms with Crippen molar-refractivity contribution in [2.24, 2.45) is 0 Å². The van der Waals surface area contributed by atoms with Gasteiger partial charge in [0.2, 0.25) is 0 Å². The molecule has 0 aliphatic heterocycles. The highest BCUT2D eigenvalue weighted by Gasteiger charge is 2.32. The first kappa shape index (κ1) is 24.9. The number of anilines is 1. The largest absolute Gasteiger partial charge is 0.398 e. The van der Waals surface area contributed by atoms with Crippen LogP contribution in [0.4, 0.5) is 10.1 Å². The van der Waals surface area contributed by atoms with Crippen LogP contribution in [-0.4, -0.2) is 37.8 Å². The first-order valence-corrected chi connectivity index (χ1v) is 14.0. The molecule has 0 bridgehead atoms. The smallest absolute Gasteiger partial charge is 0.123 e. The number of nitrogens with zero attached hydrogens (tertiary/aromatic N) is 1. The number of nitrogens with one attached hydrogen (secondary N) is 1. The minimum absolute atomic E-state index is 0.313. The van der Waals surface area contributed by atoms with E-state index in [9.17, 15) is 8.96 Å². The third kappa shape index (κ3) is 4.56. The number of halogens is 1. The van der Waals surface area contributed by atoms with Gasteiger partial charge in [0.15, 0.2) is 0 Å². The SMILES string of the molecule is COCC(C)(C)c1c(-c2ccc(P(C)(C)=O)cc2)c2cc(N)c(C=N)cc2n1-c1ccc(F)cc1. The van der Waals surface area contributed by atoms with Gasteiger partial charge in [0.05, 0.1) is 12.1 Å². The number of rotatable bonds is 7. The highest BCUT2D eigenvalue weighted by atomic mass is 31.2. The van der Waals surface area contributed by atoms with Gasteiger partial charge >= 0.3 is 0 Å². The van der Waals surface area contributed by atoms with Gasteiger partial charge in [-0.05, 0) is 55.3 Å². The lowest BCUT2D eigenvalue weighted by molar-refractivity contribution is 0.144. The molecule has 0 aliphatic carbocycles. The second kappa shape index (κ2) is 9.10. The van der Waals surface area contributed by atoms with Crippen LogP contribution in [0, 0.1) is 11.2 Å². The van der Waals surface area contributed by atoms with Gasteiger partial charge in [-0.2, -0.15) is 0 Å². The molecule has 7 heteroatoms. The zero-order valence-corrected chi connectivity index (χ0v) is 21.6. The second-order valence-electron chi connectivity index (χ2n) is 9.89. The van der Waals surface area contributed by atoms with Crippen LogP contribution in [0.2, 0.25) is 0 Å². The lowest BCUT2D eigenvalue weighted by Gasteiger charge is -2.28. The molecule has 3 aromatic carbocycles. The number of nitrogens with two attached hydrogens (primary N) is 1. The quantitative estimate of drug-likeness (QED) is 0.184. The van der Waals surface area contributed by atoms with E-state index in [0.29, 0.717) is 17.9 Å². The fourth-order valence-electron chi connectivity index (χ4n) is 4.70. The monoisotopic (exact) mass is 491 g/mol. The number of nitrogen functional groups attached to an aromatic ring is 1. The number of methoxy groups -OCH3 is 1. The predicted octanol–water partition coefficient (Wildman–Crippen LogP) is 6.19. The Kier molecular flexibility index (Phi) is 6.48. The van der Waals surface area contributed by atoms with Crippen molar-refractivity contribution in [1.29, 1.82) is 5.41 Å². The van der Waals surface area contributed by atoms with E-state index in [2.05, 4.69) is 18.4 Å². The molecule has 0 amide bonds. The summed E-state index contributed by atoms with van der Waals surface area (Å²) < 4.78 is 34.2. The first-order chi connectivity index (χ1) is 16.5. The highest BCUT2D eigenvalue weighted by molar-refractivity contribution is 7.70. The Morgan fingerprint density at radius 1 is 1.09 bits per heavy atom. The Hall–Kier alpha value is -3.21. The van der Waals surface area contributed by atoms with Crippen LogP contribution >= 0.6 is 7.14 Å². The van der Waals surface area contributed by atoms with E-state index in [0.717, 1.165) is 38.7 Å². The summed E-state index contributed by atoms with van der Waals surface area (Å²) in [4.78, 5) is 0. The molecule has 3 N–H and O–H groups in total. The molecule has 35 heavy (non-hydrogen) atoms. The summed E-state index contributed by atoms with van der Waals surface area (Å²) in [6, 6.07) is 18.0. The fourth-order valence-corrected chi connectivity index (χ4v) is 5.57. The summed E-state index contributed by atoms with van der Waals surface area (Å²) in [5, 5.41) is 9.58. The Bertz CT molecular complexity index is 1450. The lowest BCUT2D eigenvalue weighted by Crippen LogP contribution is -2.27. The second-order valence-corrected chi connectivity index (χ2v) is 13.1. The fraction of sp³-hybridized carbons (Fsp3) is 0.250. The van der Waals surface area contributed by atoms with Crippen molar-refractivity contribution in [3.63, 3.8) is 0 Å². The summed E-state index contributed by atoms with van der Waals surface area (Å²) in [7, 11) is -0.731. The van der Waals surface area contributed by atoms with Crippen molar-refractivity contribution in [2.45, 2.75) is 19.3 Å². The number of hydrogen-bond donors (Lipinski definition) is 2. The average molecular weight is 492 g/mol. The molecular weight excluding hydrogens is 460 g/mol. The Balaban J connectivity index is 2.17. The maximum atomic E-state index is 13.8. The summed E-state index contributed by atoms with van der Waals surface area (Å²) >= 11 is 0. The van der Waals surface area contributed by atoms with E-state index < -0.39 is 12.6 Å². The van der Waals surface area contributed by atoms with Crippen molar-refractivity contribution in [3.05, 3.63) is 77.7 Å². The molecule has 5 nitrogen and oxygen atoms in total. The average Bonchev–Trinajstić information content (AvgIpc) is 3.13. The van der Waals surface area contributed by atoms with Gasteiger partial charge < -0.3 is 25.0 Å². The molecule has 4 aromatic rings. The molecular formula is C28H31FN3O2P. The molecule has 4 rings (SSSR count). The van der Waals surface area contributed by atoms with Gasteiger partial charge in [-0.15, -0.1) is 0 Å². The molecule has 0 fully saturated rings. The summed E-state index contributed by atoms with van der Waals surface area (Å²) in [6.45, 7) is 8.18. The summed E-state index contributed by atoms with van der Waals surface area (Å²) in [5.41, 5.74) is 11.6. The Morgan fingerprint density at radius 3 is 2.26 bits per heavy atom. The zero-order valence-electron chi connectivity index (χ0n) is 20.7. The van der Waals surface area contributed by atoms with Crippen LogP contribution < -0.4 is 11.0 Å². The topological polar surface area (TPSA) is 81.1 Å². The summed E-state index contributed by atoms with van der Waals surface area (Å²) in [5.74, 6) is -0.313. The molecule has 0 radical (unpaired) electrons. The normalized spacial score (nSPS) is 12.3. The minimum atomic E-state index is -2.40. The molecule has 0 saturated heterocycles. The van der Waals surface area contributed by atoms with Crippen molar-refractivity contribution < 1.29 is 13.7 Å². The van der Waals surface area contributed by atoms with Crippen molar-refractivity contribution in [1.82, 2.24) is 4.57 Å². The molecule has 0 atom stereocenters. The predicted molar refractivity (Wildman–Crippen MR) is 145 cm³/mol. The molecule has 0 aliphatic rings. The van der Waals surface area contributed by atoms with Crippen molar-refractivity contribution in [3.8, 4) is 16.8 Å². The molecule has 1 aromatic heterocycles. The molecule has 0 unspecified atom stereocenters. The van der Waals surface area contributed by atoms with E-state index >= 15 is 0 Å². The van der Waals surface area contributed by atoms with E-state index in [1.807, 2.05) is 36.4 Å². The molecule has 1 heterocycles. The number of fused-ring (bicyclic) bond motifs is 1. The Morgan fingerprint density at radius 2 is 1.71 bits per heavy atom. The van der Waals surface area contributed by atoms with Crippen molar-refractivity contribution in [2.75, 3.05) is 32.8 Å². The molecule has 0 spiro atoms. The van der Waals surface area contributed by atoms with E-state index in [4.69, 9.17) is 15.9 Å². The third-order valence-electron chi connectivity index (χ3n) is 6.34. The summed E-state index contributed by atoms with van der Waals surface area (Å²) in [6.07, 6.45) is 1.24. The van der Waals surface area contributed by atoms with Gasteiger partial charge in [-0.3, -0.25) is 0 Å². The standard InChI is InChI=1S/C28H31FN3O2P/c1-28(2,17-34-3)27-26(18-6-12-22(13-7-18)35(4,5)33)23-15-24(31)19(16-30)14-25(23)32(27)21-10-8-20(29)9-11-21/h6-16,30H,17,31H2,1-5H3. The van der Waals surface area contributed by atoms with Gasteiger partial charge in [0, 0.05) is 57.6 Å². The minimum Gasteiger partial charge on any atom is -0.398 e.